The van der Waals surface area contributed by atoms with Gasteiger partial charge in [-0.05, 0) is 52.3 Å². The average Bonchev–Trinajstić information content (AvgIpc) is 2.63. The Morgan fingerprint density at radius 1 is 0.875 bits per heavy atom. The topological polar surface area (TPSA) is 62.1 Å². The van der Waals surface area contributed by atoms with E-state index in [4.69, 9.17) is 0 Å². The van der Waals surface area contributed by atoms with Gasteiger partial charge >= 0.3 is 0 Å². The Labute approximate surface area is 149 Å². The van der Waals surface area contributed by atoms with Crippen LogP contribution in [0.3, 0.4) is 0 Å². The van der Waals surface area contributed by atoms with Crippen molar-refractivity contribution in [3.8, 4) is 0 Å². The number of rotatable bonds is 6. The molecule has 1 atom stereocenters. The molecule has 0 aliphatic carbocycles. The fourth-order valence-electron chi connectivity index (χ4n) is 2.36. The number of pyridine rings is 3. The molecule has 3 aromatic rings. The number of hydrogen-bond donors (Lipinski definition) is 1. The Morgan fingerprint density at radius 3 is 1.96 bits per heavy atom. The maximum absolute atomic E-state index is 10.8. The number of nitrogens with zero attached hydrogens (tertiary/aromatic N) is 4. The summed E-state index contributed by atoms with van der Waals surface area (Å²) < 4.78 is 0.874. The van der Waals surface area contributed by atoms with Crippen LogP contribution in [0.5, 0.6) is 0 Å². The van der Waals surface area contributed by atoms with E-state index < -0.39 is 6.23 Å². The first-order chi connectivity index (χ1) is 11.7. The summed E-state index contributed by atoms with van der Waals surface area (Å²) in [6.45, 7) is 0.993. The highest BCUT2D eigenvalue weighted by Gasteiger charge is 2.20. The zero-order valence-electron chi connectivity index (χ0n) is 13.0. The zero-order chi connectivity index (χ0) is 16.8. The van der Waals surface area contributed by atoms with Crippen LogP contribution in [0.2, 0.25) is 0 Å². The summed E-state index contributed by atoms with van der Waals surface area (Å²) in [5.41, 5.74) is 2.35. The van der Waals surface area contributed by atoms with E-state index >= 15 is 0 Å². The van der Waals surface area contributed by atoms with E-state index in [9.17, 15) is 5.11 Å². The van der Waals surface area contributed by atoms with Gasteiger partial charge in [-0.15, -0.1) is 0 Å². The van der Waals surface area contributed by atoms with E-state index in [1.165, 1.54) is 0 Å². The normalized spacial score (nSPS) is 12.3. The minimum atomic E-state index is -0.845. The van der Waals surface area contributed by atoms with E-state index in [-0.39, 0.29) is 0 Å². The molecule has 122 valence electrons. The monoisotopic (exact) mass is 384 g/mol. The molecule has 1 unspecified atom stereocenters. The number of aliphatic hydroxyl groups is 1. The van der Waals surface area contributed by atoms with Gasteiger partial charge in [-0.1, -0.05) is 12.1 Å². The lowest BCUT2D eigenvalue weighted by Crippen LogP contribution is -2.29. The number of aliphatic hydroxyl groups excluding tert-OH is 1. The lowest BCUT2D eigenvalue weighted by Gasteiger charge is -2.27. The van der Waals surface area contributed by atoms with Crippen molar-refractivity contribution in [2.24, 2.45) is 0 Å². The molecule has 0 aliphatic rings. The van der Waals surface area contributed by atoms with Crippen molar-refractivity contribution in [2.45, 2.75) is 19.3 Å². The Bertz CT molecular complexity index is 711. The minimum absolute atomic E-state index is 0.496. The molecule has 1 N–H and O–H groups in total. The number of halogens is 1. The fourth-order valence-corrected chi connectivity index (χ4v) is 2.59. The standard InChI is InChI=1S/C18H17BrN4O/c19-14-7-8-17(22-11-14)18(24)23(12-15-5-1-3-9-20-15)13-16-6-2-4-10-21-16/h1-11,18,24H,12-13H2. The van der Waals surface area contributed by atoms with Crippen LogP contribution in [0, 0.1) is 0 Å². The first-order valence-corrected chi connectivity index (χ1v) is 8.35. The molecule has 0 radical (unpaired) electrons. The first-order valence-electron chi connectivity index (χ1n) is 7.56. The van der Waals surface area contributed by atoms with Crippen LogP contribution in [-0.4, -0.2) is 25.0 Å². The quantitative estimate of drug-likeness (QED) is 0.660. The Balaban J connectivity index is 1.84. The smallest absolute Gasteiger partial charge is 0.151 e. The summed E-state index contributed by atoms with van der Waals surface area (Å²) in [5.74, 6) is 0. The molecule has 0 aromatic carbocycles. The number of hydrogen-bond acceptors (Lipinski definition) is 5. The van der Waals surface area contributed by atoms with Crippen LogP contribution in [0.1, 0.15) is 23.3 Å². The summed E-state index contributed by atoms with van der Waals surface area (Å²) in [7, 11) is 0. The van der Waals surface area contributed by atoms with Crippen molar-refractivity contribution in [1.82, 2.24) is 19.9 Å². The molecular weight excluding hydrogens is 368 g/mol. The SMILES string of the molecule is OC(c1ccc(Br)cn1)N(Cc1ccccn1)Cc1ccccn1. The van der Waals surface area contributed by atoms with Gasteiger partial charge < -0.3 is 5.11 Å². The van der Waals surface area contributed by atoms with Gasteiger partial charge in [-0.25, -0.2) is 0 Å². The van der Waals surface area contributed by atoms with Gasteiger partial charge in [0, 0.05) is 36.2 Å². The van der Waals surface area contributed by atoms with E-state index in [0.717, 1.165) is 15.9 Å². The molecule has 5 nitrogen and oxygen atoms in total. The molecular formula is C18H17BrN4O. The molecule has 3 heterocycles. The molecule has 0 saturated carbocycles. The molecule has 0 spiro atoms. The van der Waals surface area contributed by atoms with Gasteiger partial charge in [-0.2, -0.15) is 0 Å². The molecule has 3 aromatic heterocycles. The largest absolute Gasteiger partial charge is 0.372 e. The van der Waals surface area contributed by atoms with E-state index in [2.05, 4.69) is 30.9 Å². The lowest BCUT2D eigenvalue weighted by molar-refractivity contribution is -0.0153. The van der Waals surface area contributed by atoms with Crippen molar-refractivity contribution in [3.05, 3.63) is 88.7 Å². The van der Waals surface area contributed by atoms with E-state index in [0.29, 0.717) is 18.8 Å². The van der Waals surface area contributed by atoms with Gasteiger partial charge in [-0.3, -0.25) is 19.9 Å². The zero-order valence-corrected chi connectivity index (χ0v) is 14.5. The highest BCUT2D eigenvalue weighted by Crippen LogP contribution is 2.21. The second-order valence-corrected chi connectivity index (χ2v) is 6.24. The fraction of sp³-hybridized carbons (Fsp3) is 0.167. The van der Waals surface area contributed by atoms with Crippen molar-refractivity contribution in [2.75, 3.05) is 0 Å². The van der Waals surface area contributed by atoms with Crippen LogP contribution in [0.4, 0.5) is 0 Å². The summed E-state index contributed by atoms with van der Waals surface area (Å²) >= 11 is 3.36. The third-order valence-electron chi connectivity index (χ3n) is 3.54. The van der Waals surface area contributed by atoms with Gasteiger partial charge in [0.2, 0.25) is 0 Å². The molecule has 0 fully saturated rings. The van der Waals surface area contributed by atoms with Crippen molar-refractivity contribution >= 4 is 15.9 Å². The second-order valence-electron chi connectivity index (χ2n) is 5.32. The van der Waals surface area contributed by atoms with Crippen LogP contribution >= 0.6 is 15.9 Å². The van der Waals surface area contributed by atoms with Gasteiger partial charge in [0.1, 0.15) is 0 Å². The average molecular weight is 385 g/mol. The van der Waals surface area contributed by atoms with Crippen molar-refractivity contribution in [1.29, 1.82) is 0 Å². The molecule has 24 heavy (non-hydrogen) atoms. The summed E-state index contributed by atoms with van der Waals surface area (Å²) in [6, 6.07) is 15.2. The second kappa shape index (κ2) is 8.10. The van der Waals surface area contributed by atoms with Crippen molar-refractivity contribution < 1.29 is 5.11 Å². The highest BCUT2D eigenvalue weighted by molar-refractivity contribution is 9.10. The predicted octanol–water partition coefficient (Wildman–Crippen LogP) is 3.33. The van der Waals surface area contributed by atoms with Crippen molar-refractivity contribution in [3.63, 3.8) is 0 Å². The van der Waals surface area contributed by atoms with Crippen LogP contribution in [0.25, 0.3) is 0 Å². The maximum atomic E-state index is 10.8. The summed E-state index contributed by atoms with van der Waals surface area (Å²) in [6.07, 6.45) is 4.33. The van der Waals surface area contributed by atoms with E-state index in [1.807, 2.05) is 47.4 Å². The highest BCUT2D eigenvalue weighted by atomic mass is 79.9. The molecule has 0 bridgehead atoms. The Kier molecular flexibility index (Phi) is 5.63. The molecule has 3 rings (SSSR count). The summed E-state index contributed by atoms with van der Waals surface area (Å²) in [4.78, 5) is 14.9. The minimum Gasteiger partial charge on any atom is -0.372 e. The molecule has 0 amide bonds. The third-order valence-corrected chi connectivity index (χ3v) is 4.01. The number of aromatic nitrogens is 3. The van der Waals surface area contributed by atoms with Gasteiger partial charge in [0.15, 0.2) is 6.23 Å². The predicted molar refractivity (Wildman–Crippen MR) is 94.6 cm³/mol. The van der Waals surface area contributed by atoms with Crippen LogP contribution in [-0.2, 0) is 13.1 Å². The first kappa shape index (κ1) is 16.7. The maximum Gasteiger partial charge on any atom is 0.151 e. The molecule has 0 aliphatic heterocycles. The third kappa shape index (κ3) is 4.44. The van der Waals surface area contributed by atoms with Crippen LogP contribution in [0.15, 0.2) is 71.6 Å². The Morgan fingerprint density at radius 2 is 1.50 bits per heavy atom. The van der Waals surface area contributed by atoms with Crippen LogP contribution < -0.4 is 0 Å². The van der Waals surface area contributed by atoms with Gasteiger partial charge in [0.25, 0.3) is 0 Å². The Hall–Kier alpha value is -2.15. The summed E-state index contributed by atoms with van der Waals surface area (Å²) in [5, 5.41) is 10.8. The van der Waals surface area contributed by atoms with Gasteiger partial charge in [0.05, 0.1) is 17.1 Å². The lowest BCUT2D eigenvalue weighted by atomic mass is 10.2. The van der Waals surface area contributed by atoms with E-state index in [1.54, 1.807) is 24.7 Å². The molecule has 0 saturated heterocycles. The molecule has 6 heteroatoms.